The third kappa shape index (κ3) is 68.3. The summed E-state index contributed by atoms with van der Waals surface area (Å²) in [6.07, 6.45) is 32.8. The van der Waals surface area contributed by atoms with E-state index in [-0.39, 0.29) is 59.8 Å². The van der Waals surface area contributed by atoms with E-state index in [1.54, 1.807) is 13.2 Å². The number of amides is 3. The van der Waals surface area contributed by atoms with E-state index < -0.39 is 17.7 Å². The van der Waals surface area contributed by atoms with E-state index in [9.17, 15) is 19.5 Å². The largest absolute Gasteiger partial charge is 1.00 e. The van der Waals surface area contributed by atoms with E-state index in [0.29, 0.717) is 37.1 Å². The van der Waals surface area contributed by atoms with Gasteiger partial charge in [-0.3, -0.25) is 14.4 Å². The van der Waals surface area contributed by atoms with Crippen molar-refractivity contribution in [1.29, 1.82) is 0 Å². The average Bonchev–Trinajstić information content (AvgIpc) is 3.16. The van der Waals surface area contributed by atoms with Crippen LogP contribution in [0.4, 0.5) is 0 Å². The van der Waals surface area contributed by atoms with Crippen molar-refractivity contribution >= 4 is 29.3 Å². The Kier molecular flexibility index (Phi) is 64.2. The first-order chi connectivity index (χ1) is 26.7. The first kappa shape index (κ1) is 66.1. The molecular formula is C44H78N3NaO8S. The number of aliphatic hydroxyl groups is 1. The second kappa shape index (κ2) is 55.4. The van der Waals surface area contributed by atoms with Gasteiger partial charge in [0.15, 0.2) is 0 Å². The fourth-order valence-electron chi connectivity index (χ4n) is 3.78. The first-order valence-corrected chi connectivity index (χ1v) is 20.2. The summed E-state index contributed by atoms with van der Waals surface area (Å²) in [6.45, 7) is 20.5. The monoisotopic (exact) mass is 832 g/mol. The van der Waals surface area contributed by atoms with Gasteiger partial charge in [-0.25, -0.2) is 0 Å². The zero-order valence-corrected chi connectivity index (χ0v) is 40.3. The maximum atomic E-state index is 11.6. The Hall–Kier alpha value is -2.71. The molecule has 2 atom stereocenters. The molecule has 13 heteroatoms. The van der Waals surface area contributed by atoms with Crippen LogP contribution in [0.25, 0.3) is 0 Å². The minimum absolute atomic E-state index is 0. The van der Waals surface area contributed by atoms with Crippen molar-refractivity contribution in [3.63, 3.8) is 0 Å². The molecule has 4 N–H and O–H groups in total. The van der Waals surface area contributed by atoms with Crippen molar-refractivity contribution in [3.8, 4) is 0 Å². The molecule has 0 aliphatic rings. The van der Waals surface area contributed by atoms with Crippen molar-refractivity contribution in [2.75, 3.05) is 33.9 Å². The molecule has 0 spiro atoms. The second-order valence-corrected chi connectivity index (χ2v) is 13.7. The normalized spacial score (nSPS) is 12.1. The number of rotatable bonds is 24. The minimum atomic E-state index is -0.750. The van der Waals surface area contributed by atoms with Gasteiger partial charge in [0.1, 0.15) is 0 Å². The van der Waals surface area contributed by atoms with Crippen molar-refractivity contribution in [2.45, 2.75) is 126 Å². The summed E-state index contributed by atoms with van der Waals surface area (Å²) in [6, 6.07) is 0. The molecule has 0 heterocycles. The van der Waals surface area contributed by atoms with Gasteiger partial charge in [0, 0.05) is 26.7 Å². The standard InChI is InChI=1S/C15H27NO2.C14H25NO2.C14H23NO.CH3O.Na.O2S/c1-5-6-7-8-9-10-14(18-4)11-15(17)16-12-13(2)3;1-4-5-6-7-8-9-13(16)10-14(17)15-11-12(2)3;1-4-5-6-7-8-9-10-11-14(16)15-12-13(2)3;1-2;;1-3-2/h5-8,13-14H,9-12H2,1-4H3,(H,16,17);4-7,12-13,16H,8-11H2,1-3H3,(H,15,17);4-7,10-11,13H,8-9,12H2,1-3H3,(H,15,16);1H3;;/q;;;-1;+1;/b;;5-4?,7-6?,11-10+;;;. The van der Waals surface area contributed by atoms with E-state index in [0.717, 1.165) is 52.3 Å². The number of allylic oxidation sites excluding steroid dienone is 13. The van der Waals surface area contributed by atoms with Crippen LogP contribution in [0.2, 0.25) is 0 Å². The molecule has 0 aliphatic carbocycles. The Bertz CT molecular complexity index is 1160. The predicted octanol–water partition coefficient (Wildman–Crippen LogP) is 4.04. The molecule has 0 aromatic carbocycles. The molecule has 2 unspecified atom stereocenters. The van der Waals surface area contributed by atoms with Gasteiger partial charge in [-0.1, -0.05) is 121 Å². The topological polar surface area (TPSA) is 174 Å². The summed E-state index contributed by atoms with van der Waals surface area (Å²) in [4.78, 5) is 34.3. The van der Waals surface area contributed by atoms with Crippen LogP contribution in [0.1, 0.15) is 114 Å². The first-order valence-electron chi connectivity index (χ1n) is 19.6. The van der Waals surface area contributed by atoms with Crippen molar-refractivity contribution < 1.29 is 67.3 Å². The number of ether oxygens (including phenoxy) is 1. The molecule has 57 heavy (non-hydrogen) atoms. The smallest absolute Gasteiger partial charge is 0.857 e. The molecule has 0 aliphatic heterocycles. The van der Waals surface area contributed by atoms with Gasteiger partial charge >= 0.3 is 41.1 Å². The van der Waals surface area contributed by atoms with Gasteiger partial charge in [0.2, 0.25) is 17.7 Å². The van der Waals surface area contributed by atoms with E-state index in [2.05, 4.69) is 55.8 Å². The van der Waals surface area contributed by atoms with Gasteiger partial charge in [0.05, 0.1) is 25.0 Å². The number of carbonyl (C=O) groups excluding carboxylic acids is 3. The Morgan fingerprint density at radius 3 is 1.39 bits per heavy atom. The van der Waals surface area contributed by atoms with Gasteiger partial charge in [-0.05, 0) is 83.1 Å². The summed E-state index contributed by atoms with van der Waals surface area (Å²) >= 11 is -0.750. The Balaban J connectivity index is -0.000000160. The summed E-state index contributed by atoms with van der Waals surface area (Å²) < 4.78 is 21.9. The van der Waals surface area contributed by atoms with Crippen molar-refractivity contribution in [1.82, 2.24) is 16.0 Å². The molecule has 0 saturated carbocycles. The number of nitrogens with one attached hydrogen (secondary N) is 3. The van der Waals surface area contributed by atoms with Gasteiger partial charge < -0.3 is 30.9 Å². The van der Waals surface area contributed by atoms with Crippen molar-refractivity contribution in [3.05, 3.63) is 85.1 Å². The molecule has 0 fully saturated rings. The van der Waals surface area contributed by atoms with Crippen LogP contribution in [0, 0.1) is 17.8 Å². The van der Waals surface area contributed by atoms with Crippen LogP contribution < -0.4 is 50.6 Å². The van der Waals surface area contributed by atoms with Crippen LogP contribution in [0.15, 0.2) is 85.1 Å². The molecule has 324 valence electrons. The SMILES string of the molecule is CC=CC=CCC/C=C/C(=O)NCC(C)C.CC=CC=CCCC(CC(=O)NCC(C)C)OC.CC=CC=CCCC(O)CC(=O)NCC(C)C.C[O-].O=S=O.[Na+]. The third-order valence-corrected chi connectivity index (χ3v) is 6.68. The fourth-order valence-corrected chi connectivity index (χ4v) is 3.78. The molecule has 0 aromatic heterocycles. The molecule has 0 aromatic rings. The van der Waals surface area contributed by atoms with Crippen LogP contribution in [-0.4, -0.2) is 77.3 Å². The second-order valence-electron chi connectivity index (χ2n) is 13.5. The number of methoxy groups -OCH3 is 1. The van der Waals surface area contributed by atoms with Gasteiger partial charge in [-0.2, -0.15) is 15.5 Å². The molecule has 0 bridgehead atoms. The number of hydrogen-bond donors (Lipinski definition) is 4. The Morgan fingerprint density at radius 1 is 0.614 bits per heavy atom. The number of aliphatic hydroxyl groups excluding tert-OH is 1. The summed E-state index contributed by atoms with van der Waals surface area (Å²) in [5.41, 5.74) is 0. The Labute approximate surface area is 373 Å². The van der Waals surface area contributed by atoms with Gasteiger partial charge in [-0.15, -0.1) is 0 Å². The van der Waals surface area contributed by atoms with E-state index in [1.807, 2.05) is 101 Å². The maximum Gasteiger partial charge on any atom is 1.00 e. The summed E-state index contributed by atoms with van der Waals surface area (Å²) in [5, 5.41) is 26.4. The van der Waals surface area contributed by atoms with Crippen LogP contribution in [-0.2, 0) is 30.7 Å². The van der Waals surface area contributed by atoms with Crippen LogP contribution in [0.3, 0.4) is 0 Å². The molecule has 0 radical (unpaired) electrons. The zero-order chi connectivity index (χ0) is 43.8. The summed E-state index contributed by atoms with van der Waals surface area (Å²) in [5.74, 6) is 1.45. The third-order valence-electron chi connectivity index (χ3n) is 6.68. The van der Waals surface area contributed by atoms with Crippen LogP contribution >= 0.6 is 0 Å². The van der Waals surface area contributed by atoms with E-state index >= 15 is 0 Å². The molecule has 0 saturated heterocycles. The number of unbranched alkanes of at least 4 members (excludes halogenated alkanes) is 1. The molecular weight excluding hydrogens is 754 g/mol. The van der Waals surface area contributed by atoms with E-state index in [1.165, 1.54) is 0 Å². The fraction of sp³-hybridized carbons (Fsp3) is 0.614. The summed E-state index contributed by atoms with van der Waals surface area (Å²) in [7, 11) is 2.41. The Morgan fingerprint density at radius 2 is 0.982 bits per heavy atom. The van der Waals surface area contributed by atoms with Gasteiger partial charge in [0.25, 0.3) is 0 Å². The quantitative estimate of drug-likeness (QED) is 0.0489. The zero-order valence-electron chi connectivity index (χ0n) is 37.5. The predicted molar refractivity (Wildman–Crippen MR) is 233 cm³/mol. The van der Waals surface area contributed by atoms with E-state index in [4.69, 9.17) is 18.3 Å². The number of carbonyl (C=O) groups is 3. The molecule has 0 rings (SSSR count). The average molecular weight is 832 g/mol. The molecule has 3 amide bonds. The number of hydrogen-bond acceptors (Lipinski definition) is 8. The minimum Gasteiger partial charge on any atom is -0.857 e. The van der Waals surface area contributed by atoms with Crippen molar-refractivity contribution in [2.24, 2.45) is 17.8 Å². The maximum absolute atomic E-state index is 11.6. The van der Waals surface area contributed by atoms with Crippen LogP contribution in [0.5, 0.6) is 0 Å². The molecule has 11 nitrogen and oxygen atoms in total.